The van der Waals surface area contributed by atoms with Crippen molar-refractivity contribution in [2.24, 2.45) is 0 Å². The van der Waals surface area contributed by atoms with Crippen LogP contribution < -0.4 is 0 Å². The fourth-order valence-electron chi connectivity index (χ4n) is 2.87. The summed E-state index contributed by atoms with van der Waals surface area (Å²) in [6.07, 6.45) is 5.81. The summed E-state index contributed by atoms with van der Waals surface area (Å²) in [5.74, 6) is 1.15. The van der Waals surface area contributed by atoms with Gasteiger partial charge in [-0.05, 0) is 31.4 Å². The molecule has 5 nitrogen and oxygen atoms in total. The summed E-state index contributed by atoms with van der Waals surface area (Å²) in [7, 11) is 1.40. The number of aryl methyl sites for hydroxylation is 3. The molecule has 0 aliphatic carbocycles. The first-order valence-electron chi connectivity index (χ1n) is 8.53. The molecule has 0 atom stereocenters. The Morgan fingerprint density at radius 1 is 1.09 bits per heavy atom. The van der Waals surface area contributed by atoms with Crippen molar-refractivity contribution in [3.63, 3.8) is 0 Å². The number of rotatable bonds is 8. The maximum absolute atomic E-state index is 12.2. The molecule has 0 radical (unpaired) electrons. The zero-order valence-electron chi connectivity index (χ0n) is 14.6. The zero-order chi connectivity index (χ0) is 16.8. The van der Waals surface area contributed by atoms with Gasteiger partial charge in [-0.15, -0.1) is 0 Å². The number of ether oxygens (including phenoxy) is 1. The Morgan fingerprint density at radius 3 is 2.13 bits per heavy atom. The molecule has 0 fully saturated rings. The van der Waals surface area contributed by atoms with Crippen LogP contribution in [0.3, 0.4) is 0 Å². The van der Waals surface area contributed by atoms with E-state index in [1.165, 1.54) is 18.5 Å². The van der Waals surface area contributed by atoms with Crippen LogP contribution in [0.15, 0.2) is 12.1 Å². The lowest BCUT2D eigenvalue weighted by Crippen LogP contribution is -2.11. The Kier molecular flexibility index (Phi) is 6.02. The summed E-state index contributed by atoms with van der Waals surface area (Å²) in [6, 6.07) is 4.29. The van der Waals surface area contributed by atoms with E-state index in [2.05, 4.69) is 42.5 Å². The normalized spacial score (nSPS) is 11.0. The minimum Gasteiger partial charge on any atom is -0.464 e. The molecule has 0 unspecified atom stereocenters. The van der Waals surface area contributed by atoms with Gasteiger partial charge in [0.15, 0.2) is 11.5 Å². The van der Waals surface area contributed by atoms with Gasteiger partial charge in [-0.3, -0.25) is 0 Å². The zero-order valence-corrected chi connectivity index (χ0v) is 14.6. The van der Waals surface area contributed by atoms with Crippen molar-refractivity contribution in [1.29, 1.82) is 0 Å². The van der Waals surface area contributed by atoms with Crippen LogP contribution in [-0.4, -0.2) is 27.6 Å². The van der Waals surface area contributed by atoms with Crippen molar-refractivity contribution in [1.82, 2.24) is 14.5 Å². The van der Waals surface area contributed by atoms with Crippen molar-refractivity contribution < 1.29 is 9.53 Å². The van der Waals surface area contributed by atoms with Crippen LogP contribution in [0.5, 0.6) is 0 Å². The van der Waals surface area contributed by atoms with E-state index in [4.69, 9.17) is 9.72 Å². The van der Waals surface area contributed by atoms with Gasteiger partial charge in [0.25, 0.3) is 0 Å². The number of H-pyrrole nitrogens is 1. The average Bonchev–Trinajstić information content (AvgIpc) is 3.12. The highest BCUT2D eigenvalue weighted by Crippen LogP contribution is 2.22. The molecule has 1 N–H and O–H groups in total. The molecule has 0 saturated heterocycles. The lowest BCUT2D eigenvalue weighted by Gasteiger charge is -2.12. The third kappa shape index (κ3) is 3.66. The molecule has 0 aliphatic heterocycles. The van der Waals surface area contributed by atoms with Crippen LogP contribution in [0.2, 0.25) is 0 Å². The molecule has 0 bridgehead atoms. The number of hydrogen-bond acceptors (Lipinski definition) is 3. The molecule has 23 heavy (non-hydrogen) atoms. The van der Waals surface area contributed by atoms with Crippen LogP contribution in [0, 0.1) is 0 Å². The molecule has 0 spiro atoms. The molecule has 0 aromatic carbocycles. The molecule has 0 saturated carbocycles. The highest BCUT2D eigenvalue weighted by molar-refractivity contribution is 5.90. The van der Waals surface area contributed by atoms with Gasteiger partial charge in [0, 0.05) is 17.8 Å². The monoisotopic (exact) mass is 317 g/mol. The number of carbonyl (C=O) groups excluding carboxylic acids is 1. The van der Waals surface area contributed by atoms with E-state index in [0.717, 1.165) is 44.3 Å². The van der Waals surface area contributed by atoms with E-state index in [9.17, 15) is 4.79 Å². The van der Waals surface area contributed by atoms with Gasteiger partial charge in [0.05, 0.1) is 7.11 Å². The van der Waals surface area contributed by atoms with Gasteiger partial charge in [-0.1, -0.05) is 33.6 Å². The average molecular weight is 317 g/mol. The third-order valence-corrected chi connectivity index (χ3v) is 3.88. The molecular formula is C18H27N3O2. The van der Waals surface area contributed by atoms with Crippen molar-refractivity contribution in [3.8, 4) is 5.82 Å². The second-order valence-electron chi connectivity index (χ2n) is 5.78. The van der Waals surface area contributed by atoms with Crippen molar-refractivity contribution in [2.75, 3.05) is 7.11 Å². The van der Waals surface area contributed by atoms with E-state index in [-0.39, 0.29) is 5.97 Å². The first-order chi connectivity index (χ1) is 11.2. The molecular weight excluding hydrogens is 290 g/mol. The summed E-state index contributed by atoms with van der Waals surface area (Å²) in [6.45, 7) is 6.41. The van der Waals surface area contributed by atoms with Gasteiger partial charge in [0.1, 0.15) is 5.82 Å². The minimum atomic E-state index is -0.367. The number of methoxy groups -OCH3 is 1. The van der Waals surface area contributed by atoms with Crippen LogP contribution in [0.1, 0.15) is 67.7 Å². The number of imidazole rings is 1. The second kappa shape index (κ2) is 7.99. The lowest BCUT2D eigenvalue weighted by molar-refractivity contribution is 0.0594. The molecule has 2 aromatic rings. The maximum Gasteiger partial charge on any atom is 0.358 e. The van der Waals surface area contributed by atoms with Gasteiger partial charge in [0.2, 0.25) is 0 Å². The first kappa shape index (κ1) is 17.3. The summed E-state index contributed by atoms with van der Waals surface area (Å²) in [5, 5.41) is 0. The molecule has 2 aromatic heterocycles. The number of aromatic amines is 1. The Morgan fingerprint density at radius 2 is 1.65 bits per heavy atom. The molecule has 0 amide bonds. The number of carbonyl (C=O) groups is 1. The summed E-state index contributed by atoms with van der Waals surface area (Å²) in [5.41, 5.74) is 2.83. The first-order valence-corrected chi connectivity index (χ1v) is 8.53. The van der Waals surface area contributed by atoms with Crippen molar-refractivity contribution in [3.05, 3.63) is 35.0 Å². The summed E-state index contributed by atoms with van der Waals surface area (Å²) < 4.78 is 7.08. The number of nitrogens with zero attached hydrogens (tertiary/aromatic N) is 2. The van der Waals surface area contributed by atoms with Gasteiger partial charge < -0.3 is 14.3 Å². The van der Waals surface area contributed by atoms with Crippen LogP contribution in [0.4, 0.5) is 0 Å². The molecule has 126 valence electrons. The highest BCUT2D eigenvalue weighted by atomic mass is 16.5. The maximum atomic E-state index is 12.2. The summed E-state index contributed by atoms with van der Waals surface area (Å²) in [4.78, 5) is 20.0. The fourth-order valence-corrected chi connectivity index (χ4v) is 2.87. The largest absolute Gasteiger partial charge is 0.464 e. The standard InChI is InChI=1S/C18H27N3O2/c1-5-8-13-11-12-14(9-6-2)21(13)17-16(18(22)23-4)19-15(20-17)10-7-3/h11-12H,5-10H2,1-4H3,(H,19,20). The fraction of sp³-hybridized carbons (Fsp3) is 0.556. The molecule has 0 aliphatic rings. The van der Waals surface area contributed by atoms with Gasteiger partial charge >= 0.3 is 5.97 Å². The topological polar surface area (TPSA) is 59.9 Å². The van der Waals surface area contributed by atoms with E-state index in [1.54, 1.807) is 0 Å². The number of aromatic nitrogens is 3. The van der Waals surface area contributed by atoms with Crippen LogP contribution in [0.25, 0.3) is 5.82 Å². The van der Waals surface area contributed by atoms with Gasteiger partial charge in [-0.25, -0.2) is 9.78 Å². The van der Waals surface area contributed by atoms with E-state index >= 15 is 0 Å². The lowest BCUT2D eigenvalue weighted by atomic mass is 10.2. The van der Waals surface area contributed by atoms with Crippen LogP contribution >= 0.6 is 0 Å². The van der Waals surface area contributed by atoms with Crippen molar-refractivity contribution >= 4 is 5.97 Å². The highest BCUT2D eigenvalue weighted by Gasteiger charge is 2.22. The molecule has 2 heterocycles. The minimum absolute atomic E-state index is 0.367. The SMILES string of the molecule is CCCc1nc(-n2c(CCC)ccc2CCC)c(C(=O)OC)[nH]1. The van der Waals surface area contributed by atoms with Gasteiger partial charge in [-0.2, -0.15) is 0 Å². The molecule has 5 heteroatoms. The Hall–Kier alpha value is -2.04. The predicted octanol–water partition coefficient (Wildman–Crippen LogP) is 3.84. The number of nitrogens with one attached hydrogen (secondary N) is 1. The summed E-state index contributed by atoms with van der Waals surface area (Å²) >= 11 is 0. The predicted molar refractivity (Wildman–Crippen MR) is 91.2 cm³/mol. The van der Waals surface area contributed by atoms with E-state index < -0.39 is 0 Å². The Balaban J connectivity index is 2.58. The van der Waals surface area contributed by atoms with Crippen molar-refractivity contribution in [2.45, 2.75) is 59.3 Å². The second-order valence-corrected chi connectivity index (χ2v) is 5.78. The smallest absolute Gasteiger partial charge is 0.358 e. The number of esters is 1. The van der Waals surface area contributed by atoms with E-state index in [1.807, 2.05) is 0 Å². The Labute approximate surface area is 138 Å². The number of hydrogen-bond donors (Lipinski definition) is 1. The molecule has 2 rings (SSSR count). The quantitative estimate of drug-likeness (QED) is 0.752. The van der Waals surface area contributed by atoms with E-state index in [0.29, 0.717) is 11.5 Å². The third-order valence-electron chi connectivity index (χ3n) is 3.88. The van der Waals surface area contributed by atoms with Crippen LogP contribution in [-0.2, 0) is 24.0 Å². The Bertz CT molecular complexity index is 632.